The zero-order valence-electron chi connectivity index (χ0n) is 13.2. The van der Waals surface area contributed by atoms with Crippen LogP contribution in [0.1, 0.15) is 12.5 Å². The molecule has 1 atom stereocenters. The first-order valence-corrected chi connectivity index (χ1v) is 9.06. The largest absolute Gasteiger partial charge is 0.374 e. The summed E-state index contributed by atoms with van der Waals surface area (Å²) in [6.45, 7) is 3.55. The van der Waals surface area contributed by atoms with E-state index in [-0.39, 0.29) is 10.8 Å². The van der Waals surface area contributed by atoms with Gasteiger partial charge in [-0.15, -0.1) is 0 Å². The number of halogens is 1. The number of rotatable bonds is 5. The van der Waals surface area contributed by atoms with E-state index >= 15 is 0 Å². The van der Waals surface area contributed by atoms with Crippen molar-refractivity contribution < 1.29 is 13.2 Å². The van der Waals surface area contributed by atoms with Gasteiger partial charge in [0.15, 0.2) is 0 Å². The fourth-order valence-electron chi connectivity index (χ4n) is 2.06. The second kappa shape index (κ2) is 7.21. The molecule has 0 saturated carbocycles. The normalized spacial score (nSPS) is 12.5. The molecule has 0 heterocycles. The average Bonchev–Trinajstić information content (AvgIpc) is 2.51. The van der Waals surface area contributed by atoms with Gasteiger partial charge in [0.05, 0.1) is 4.90 Å². The van der Waals surface area contributed by atoms with Gasteiger partial charge in [-0.25, -0.2) is 13.6 Å². The summed E-state index contributed by atoms with van der Waals surface area (Å²) in [7, 11) is -3.82. The van der Waals surface area contributed by atoms with Gasteiger partial charge in [0, 0.05) is 16.4 Å². The first kappa shape index (κ1) is 18.3. The Morgan fingerprint density at radius 2 is 1.88 bits per heavy atom. The number of sulfonamides is 1. The van der Waals surface area contributed by atoms with Crippen molar-refractivity contribution in [3.05, 3.63) is 53.1 Å². The van der Waals surface area contributed by atoms with E-state index in [1.807, 2.05) is 13.0 Å². The van der Waals surface area contributed by atoms with Crippen molar-refractivity contribution in [1.82, 2.24) is 0 Å². The Morgan fingerprint density at radius 1 is 1.21 bits per heavy atom. The van der Waals surface area contributed by atoms with Crippen molar-refractivity contribution in [2.45, 2.75) is 24.8 Å². The van der Waals surface area contributed by atoms with Gasteiger partial charge in [-0.3, -0.25) is 4.79 Å². The molecule has 0 aliphatic carbocycles. The van der Waals surface area contributed by atoms with Crippen molar-refractivity contribution in [1.29, 1.82) is 0 Å². The molecule has 2 aromatic rings. The van der Waals surface area contributed by atoms with Gasteiger partial charge >= 0.3 is 0 Å². The maximum Gasteiger partial charge on any atom is 0.246 e. The summed E-state index contributed by atoms with van der Waals surface area (Å²) in [4.78, 5) is 12.2. The Labute approximate surface area is 146 Å². The molecule has 6 nitrogen and oxygen atoms in total. The summed E-state index contributed by atoms with van der Waals surface area (Å²) >= 11 is 6.06. The average molecular weight is 368 g/mol. The summed E-state index contributed by atoms with van der Waals surface area (Å²) < 4.78 is 22.7. The minimum Gasteiger partial charge on any atom is -0.374 e. The molecule has 0 bridgehead atoms. The highest BCUT2D eigenvalue weighted by Gasteiger charge is 2.15. The minimum absolute atomic E-state index is 0.0633. The van der Waals surface area contributed by atoms with Crippen LogP contribution in [0.15, 0.2) is 47.4 Å². The van der Waals surface area contributed by atoms with E-state index in [9.17, 15) is 13.2 Å². The molecule has 0 aromatic heterocycles. The van der Waals surface area contributed by atoms with Gasteiger partial charge < -0.3 is 10.6 Å². The molecule has 1 unspecified atom stereocenters. The molecule has 128 valence electrons. The number of hydrogen-bond acceptors (Lipinski definition) is 4. The van der Waals surface area contributed by atoms with Crippen LogP contribution in [0, 0.1) is 6.92 Å². The fraction of sp³-hybridized carbons (Fsp3) is 0.188. The van der Waals surface area contributed by atoms with Crippen LogP contribution >= 0.6 is 11.6 Å². The van der Waals surface area contributed by atoms with Crippen LogP contribution in [-0.2, 0) is 14.8 Å². The van der Waals surface area contributed by atoms with Crippen LogP contribution < -0.4 is 15.8 Å². The van der Waals surface area contributed by atoms with Gasteiger partial charge in [-0.05, 0) is 49.7 Å². The number of nitrogens with one attached hydrogen (secondary N) is 2. The number of hydrogen-bond donors (Lipinski definition) is 3. The zero-order valence-corrected chi connectivity index (χ0v) is 14.8. The molecule has 0 radical (unpaired) electrons. The molecule has 2 aromatic carbocycles. The maximum atomic E-state index is 12.3. The van der Waals surface area contributed by atoms with Gasteiger partial charge in [0.2, 0.25) is 15.9 Å². The van der Waals surface area contributed by atoms with Crippen LogP contribution in [0.5, 0.6) is 0 Å². The van der Waals surface area contributed by atoms with Crippen LogP contribution in [0.25, 0.3) is 0 Å². The van der Waals surface area contributed by atoms with Crippen molar-refractivity contribution in [3.63, 3.8) is 0 Å². The molecule has 4 N–H and O–H groups in total. The van der Waals surface area contributed by atoms with Crippen LogP contribution in [0.4, 0.5) is 11.4 Å². The molecule has 0 spiro atoms. The van der Waals surface area contributed by atoms with E-state index in [0.717, 1.165) is 11.3 Å². The Morgan fingerprint density at radius 3 is 2.54 bits per heavy atom. The third-order valence-electron chi connectivity index (χ3n) is 3.46. The molecule has 0 aliphatic heterocycles. The first-order chi connectivity index (χ1) is 11.2. The van der Waals surface area contributed by atoms with E-state index in [1.165, 1.54) is 18.2 Å². The highest BCUT2D eigenvalue weighted by Crippen LogP contribution is 2.23. The highest BCUT2D eigenvalue weighted by molar-refractivity contribution is 7.89. The molecule has 24 heavy (non-hydrogen) atoms. The monoisotopic (exact) mass is 367 g/mol. The third kappa shape index (κ3) is 4.47. The van der Waals surface area contributed by atoms with E-state index in [4.69, 9.17) is 16.7 Å². The second-order valence-electron chi connectivity index (χ2n) is 5.34. The molecule has 0 saturated heterocycles. The standard InChI is InChI=1S/C16H18ClN3O3S/c1-10-14(17)7-4-8-15(10)19-11(2)16(21)20-12-5-3-6-13(9-12)24(18,22)23/h3-9,11,19H,1-2H3,(H,20,21)(H2,18,22,23). The fourth-order valence-corrected chi connectivity index (χ4v) is 2.80. The van der Waals surface area contributed by atoms with Gasteiger partial charge in [-0.1, -0.05) is 23.7 Å². The number of carbonyl (C=O) groups is 1. The minimum atomic E-state index is -3.82. The molecular formula is C16H18ClN3O3S. The quantitative estimate of drug-likeness (QED) is 0.756. The molecule has 8 heteroatoms. The predicted molar refractivity (Wildman–Crippen MR) is 95.7 cm³/mol. The topological polar surface area (TPSA) is 101 Å². The Kier molecular flexibility index (Phi) is 5.48. The number of carbonyl (C=O) groups excluding carboxylic acids is 1. The second-order valence-corrected chi connectivity index (χ2v) is 7.31. The van der Waals surface area contributed by atoms with Gasteiger partial charge in [0.25, 0.3) is 0 Å². The lowest BCUT2D eigenvalue weighted by Crippen LogP contribution is -2.32. The Balaban J connectivity index is 2.11. The van der Waals surface area contributed by atoms with Crippen molar-refractivity contribution >= 4 is 38.9 Å². The number of primary sulfonamides is 1. The van der Waals surface area contributed by atoms with E-state index < -0.39 is 16.1 Å². The van der Waals surface area contributed by atoms with Gasteiger partial charge in [-0.2, -0.15) is 0 Å². The van der Waals surface area contributed by atoms with Crippen molar-refractivity contribution in [3.8, 4) is 0 Å². The van der Waals surface area contributed by atoms with Crippen LogP contribution in [-0.4, -0.2) is 20.4 Å². The van der Waals surface area contributed by atoms with E-state index in [0.29, 0.717) is 10.7 Å². The lowest BCUT2D eigenvalue weighted by Gasteiger charge is -2.17. The molecule has 2 rings (SSSR count). The molecule has 0 aliphatic rings. The first-order valence-electron chi connectivity index (χ1n) is 7.14. The van der Waals surface area contributed by atoms with Crippen LogP contribution in [0.2, 0.25) is 5.02 Å². The molecule has 1 amide bonds. The number of benzene rings is 2. The highest BCUT2D eigenvalue weighted by atomic mass is 35.5. The SMILES string of the molecule is Cc1c(Cl)cccc1NC(C)C(=O)Nc1cccc(S(N)(=O)=O)c1. The predicted octanol–water partition coefficient (Wildman–Crippen LogP) is 2.73. The summed E-state index contributed by atoms with van der Waals surface area (Å²) in [5.74, 6) is -0.319. The smallest absolute Gasteiger partial charge is 0.246 e. The van der Waals surface area contributed by atoms with Crippen LogP contribution in [0.3, 0.4) is 0 Å². The number of anilines is 2. The summed E-state index contributed by atoms with van der Waals surface area (Å²) in [5.41, 5.74) is 1.95. The molecular weight excluding hydrogens is 350 g/mol. The Bertz CT molecular complexity index is 869. The maximum absolute atomic E-state index is 12.3. The lowest BCUT2D eigenvalue weighted by atomic mass is 10.1. The summed E-state index contributed by atoms with van der Waals surface area (Å²) in [6.07, 6.45) is 0. The summed E-state index contributed by atoms with van der Waals surface area (Å²) in [6, 6.07) is 10.6. The third-order valence-corrected chi connectivity index (χ3v) is 4.78. The van der Waals surface area contributed by atoms with Gasteiger partial charge in [0.1, 0.15) is 6.04 Å². The van der Waals surface area contributed by atoms with E-state index in [1.54, 1.807) is 25.1 Å². The van der Waals surface area contributed by atoms with E-state index in [2.05, 4.69) is 10.6 Å². The van der Waals surface area contributed by atoms with Crippen molar-refractivity contribution in [2.24, 2.45) is 5.14 Å². The lowest BCUT2D eigenvalue weighted by molar-refractivity contribution is -0.116. The number of amides is 1. The number of nitrogens with two attached hydrogens (primary N) is 1. The molecule has 0 fully saturated rings. The zero-order chi connectivity index (χ0) is 17.9. The Hall–Kier alpha value is -2.09. The van der Waals surface area contributed by atoms with Crippen molar-refractivity contribution in [2.75, 3.05) is 10.6 Å². The summed E-state index contributed by atoms with van der Waals surface area (Å²) in [5, 5.41) is 11.4.